The number of non-ortho nitro benzene ring substituents is 1. The third-order valence-corrected chi connectivity index (χ3v) is 3.70. The summed E-state index contributed by atoms with van der Waals surface area (Å²) in [6.07, 6.45) is -0.436. The topological polar surface area (TPSA) is 75.9 Å². The Labute approximate surface area is 123 Å². The summed E-state index contributed by atoms with van der Waals surface area (Å²) in [5, 5.41) is 10.8. The van der Waals surface area contributed by atoms with E-state index in [2.05, 4.69) is 0 Å². The maximum Gasteiger partial charge on any atom is 0.271 e. The Morgan fingerprint density at radius 3 is 2.57 bits per heavy atom. The molecular weight excluding hydrogens is 274 g/mol. The molecular formula is C14H19N3O4. The fourth-order valence-corrected chi connectivity index (χ4v) is 2.35. The number of nitro benzene ring substituents is 1. The van der Waals surface area contributed by atoms with Crippen LogP contribution in [-0.4, -0.2) is 55.1 Å². The Kier molecular flexibility index (Phi) is 4.74. The fraction of sp³-hybridized carbons (Fsp3) is 0.500. The lowest BCUT2D eigenvalue weighted by Gasteiger charge is -2.36. The van der Waals surface area contributed by atoms with Crippen LogP contribution in [0.4, 0.5) is 11.4 Å². The average molecular weight is 293 g/mol. The van der Waals surface area contributed by atoms with Crippen LogP contribution in [-0.2, 0) is 9.53 Å². The molecule has 1 amide bonds. The number of hydrogen-bond donors (Lipinski definition) is 0. The standard InChI is InChI=1S/C14H19N3O4/c1-11(21-2)14(18)16-8-6-15(7-9-16)12-4-3-5-13(10-12)17(19)20/h3-5,10-11H,6-9H2,1-2H3. The number of amides is 1. The average Bonchev–Trinajstić information content (AvgIpc) is 2.53. The molecule has 7 nitrogen and oxygen atoms in total. The Hall–Kier alpha value is -2.15. The van der Waals surface area contributed by atoms with E-state index in [9.17, 15) is 14.9 Å². The molecule has 0 bridgehead atoms. The van der Waals surface area contributed by atoms with Gasteiger partial charge in [0.2, 0.25) is 0 Å². The molecule has 2 rings (SSSR count). The lowest BCUT2D eigenvalue weighted by atomic mass is 10.2. The lowest BCUT2D eigenvalue weighted by Crippen LogP contribution is -2.51. The van der Waals surface area contributed by atoms with Crippen molar-refractivity contribution in [2.24, 2.45) is 0 Å². The van der Waals surface area contributed by atoms with Gasteiger partial charge in [0.25, 0.3) is 11.6 Å². The number of piperazine rings is 1. The van der Waals surface area contributed by atoms with Gasteiger partial charge in [0.15, 0.2) is 0 Å². The number of anilines is 1. The third-order valence-electron chi connectivity index (χ3n) is 3.70. The second kappa shape index (κ2) is 6.53. The zero-order valence-corrected chi connectivity index (χ0v) is 12.2. The van der Waals surface area contributed by atoms with Crippen molar-refractivity contribution >= 4 is 17.3 Å². The Morgan fingerprint density at radius 1 is 1.33 bits per heavy atom. The summed E-state index contributed by atoms with van der Waals surface area (Å²) in [5.74, 6) is -0.0174. The van der Waals surface area contributed by atoms with E-state index in [1.165, 1.54) is 13.2 Å². The van der Waals surface area contributed by atoms with E-state index < -0.39 is 11.0 Å². The smallest absolute Gasteiger partial charge is 0.271 e. The molecule has 1 fully saturated rings. The van der Waals surface area contributed by atoms with Gasteiger partial charge in [-0.2, -0.15) is 0 Å². The van der Waals surface area contributed by atoms with Crippen LogP contribution in [0.15, 0.2) is 24.3 Å². The van der Waals surface area contributed by atoms with Gasteiger partial charge in [0.1, 0.15) is 6.10 Å². The van der Waals surface area contributed by atoms with Gasteiger partial charge in [-0.1, -0.05) is 6.07 Å². The zero-order valence-electron chi connectivity index (χ0n) is 12.2. The first-order valence-electron chi connectivity index (χ1n) is 6.84. The molecule has 0 radical (unpaired) electrons. The predicted octanol–water partition coefficient (Wildman–Crippen LogP) is 1.28. The van der Waals surface area contributed by atoms with Crippen molar-refractivity contribution in [1.82, 2.24) is 4.90 Å². The molecule has 114 valence electrons. The summed E-state index contributed by atoms with van der Waals surface area (Å²) in [7, 11) is 1.52. The molecule has 0 N–H and O–H groups in total. The SMILES string of the molecule is COC(C)C(=O)N1CCN(c2cccc([N+](=O)[O-])c2)CC1. The first-order valence-corrected chi connectivity index (χ1v) is 6.84. The van der Waals surface area contributed by atoms with Crippen LogP contribution in [0.1, 0.15) is 6.92 Å². The molecule has 1 aliphatic heterocycles. The number of ether oxygens (including phenoxy) is 1. The molecule has 0 aromatic heterocycles. The quantitative estimate of drug-likeness (QED) is 0.617. The van der Waals surface area contributed by atoms with Crippen LogP contribution >= 0.6 is 0 Å². The van der Waals surface area contributed by atoms with E-state index in [0.717, 1.165) is 5.69 Å². The molecule has 0 saturated carbocycles. The normalized spacial score (nSPS) is 16.7. The van der Waals surface area contributed by atoms with Crippen LogP contribution in [0, 0.1) is 10.1 Å². The minimum atomic E-state index is -0.436. The monoisotopic (exact) mass is 293 g/mol. The van der Waals surface area contributed by atoms with Gasteiger partial charge in [-0.25, -0.2) is 0 Å². The predicted molar refractivity (Wildman–Crippen MR) is 78.4 cm³/mol. The summed E-state index contributed by atoms with van der Waals surface area (Å²) in [6.45, 7) is 4.23. The van der Waals surface area contributed by atoms with E-state index in [1.54, 1.807) is 24.0 Å². The maximum absolute atomic E-state index is 12.0. The summed E-state index contributed by atoms with van der Waals surface area (Å²) in [6, 6.07) is 6.57. The Bertz CT molecular complexity index is 527. The van der Waals surface area contributed by atoms with Crippen molar-refractivity contribution < 1.29 is 14.5 Å². The van der Waals surface area contributed by atoms with E-state index in [4.69, 9.17) is 4.74 Å². The van der Waals surface area contributed by atoms with Gasteiger partial charge in [-0.15, -0.1) is 0 Å². The minimum absolute atomic E-state index is 0.0174. The van der Waals surface area contributed by atoms with Crippen molar-refractivity contribution in [3.63, 3.8) is 0 Å². The highest BCUT2D eigenvalue weighted by molar-refractivity contribution is 5.80. The number of hydrogen-bond acceptors (Lipinski definition) is 5. The van der Waals surface area contributed by atoms with Crippen LogP contribution in [0.5, 0.6) is 0 Å². The maximum atomic E-state index is 12.0. The largest absolute Gasteiger partial charge is 0.372 e. The molecule has 1 aromatic rings. The van der Waals surface area contributed by atoms with Gasteiger partial charge in [0.05, 0.1) is 4.92 Å². The molecule has 0 aliphatic carbocycles. The number of benzene rings is 1. The van der Waals surface area contributed by atoms with E-state index in [0.29, 0.717) is 26.2 Å². The van der Waals surface area contributed by atoms with Crippen molar-refractivity contribution in [2.45, 2.75) is 13.0 Å². The Morgan fingerprint density at radius 2 is 2.00 bits per heavy atom. The second-order valence-electron chi connectivity index (χ2n) is 4.97. The highest BCUT2D eigenvalue weighted by Crippen LogP contribution is 2.22. The molecule has 7 heteroatoms. The molecule has 1 heterocycles. The molecule has 1 aromatic carbocycles. The van der Waals surface area contributed by atoms with E-state index in [1.807, 2.05) is 11.0 Å². The molecule has 1 saturated heterocycles. The van der Waals surface area contributed by atoms with Crippen LogP contribution in [0.2, 0.25) is 0 Å². The third kappa shape index (κ3) is 3.49. The summed E-state index contributed by atoms with van der Waals surface area (Å²) in [5.41, 5.74) is 0.898. The molecule has 0 spiro atoms. The summed E-state index contributed by atoms with van der Waals surface area (Å²) < 4.78 is 5.04. The van der Waals surface area contributed by atoms with Crippen molar-refractivity contribution in [3.05, 3.63) is 34.4 Å². The molecule has 1 unspecified atom stereocenters. The highest BCUT2D eigenvalue weighted by atomic mass is 16.6. The van der Waals surface area contributed by atoms with Crippen molar-refractivity contribution in [2.75, 3.05) is 38.2 Å². The van der Waals surface area contributed by atoms with Crippen LogP contribution < -0.4 is 4.90 Å². The zero-order chi connectivity index (χ0) is 15.4. The minimum Gasteiger partial charge on any atom is -0.372 e. The second-order valence-corrected chi connectivity index (χ2v) is 4.97. The first kappa shape index (κ1) is 15.2. The van der Waals surface area contributed by atoms with Gasteiger partial charge >= 0.3 is 0 Å². The number of nitrogens with zero attached hydrogens (tertiary/aromatic N) is 3. The summed E-state index contributed by atoms with van der Waals surface area (Å²) in [4.78, 5) is 26.2. The fourth-order valence-electron chi connectivity index (χ4n) is 2.35. The van der Waals surface area contributed by atoms with Gasteiger partial charge in [-0.05, 0) is 13.0 Å². The van der Waals surface area contributed by atoms with Gasteiger partial charge in [-0.3, -0.25) is 14.9 Å². The van der Waals surface area contributed by atoms with Crippen molar-refractivity contribution in [1.29, 1.82) is 0 Å². The number of rotatable bonds is 4. The lowest BCUT2D eigenvalue weighted by molar-refractivity contribution is -0.384. The molecule has 1 aliphatic rings. The molecule has 1 atom stereocenters. The summed E-state index contributed by atoms with van der Waals surface area (Å²) >= 11 is 0. The first-order chi connectivity index (χ1) is 10.0. The van der Waals surface area contributed by atoms with E-state index in [-0.39, 0.29) is 11.6 Å². The highest BCUT2D eigenvalue weighted by Gasteiger charge is 2.25. The number of carbonyl (C=O) groups excluding carboxylic acids is 1. The van der Waals surface area contributed by atoms with Gasteiger partial charge in [0, 0.05) is 51.1 Å². The molecule has 21 heavy (non-hydrogen) atoms. The van der Waals surface area contributed by atoms with Crippen LogP contribution in [0.25, 0.3) is 0 Å². The van der Waals surface area contributed by atoms with E-state index >= 15 is 0 Å². The number of nitro groups is 1. The number of carbonyl (C=O) groups is 1. The van der Waals surface area contributed by atoms with Gasteiger partial charge < -0.3 is 14.5 Å². The Balaban J connectivity index is 1.99. The van der Waals surface area contributed by atoms with Crippen LogP contribution in [0.3, 0.4) is 0 Å². The number of methoxy groups -OCH3 is 1. The van der Waals surface area contributed by atoms with Crippen molar-refractivity contribution in [3.8, 4) is 0 Å².